The molecule has 2 heterocycles. The Bertz CT molecular complexity index is 555. The fourth-order valence-electron chi connectivity index (χ4n) is 2.11. The Morgan fingerprint density at radius 1 is 1.44 bits per heavy atom. The van der Waals surface area contributed by atoms with Crippen LogP contribution in [0.4, 0.5) is 0 Å². The molecule has 1 unspecified atom stereocenters. The first-order chi connectivity index (χ1) is 8.63. The maximum atomic E-state index is 10.3. The molecule has 0 amide bonds. The Hall–Kier alpha value is -1.69. The summed E-state index contributed by atoms with van der Waals surface area (Å²) >= 11 is 0. The monoisotopic (exact) mass is 247 g/mol. The molecule has 0 radical (unpaired) electrons. The Labute approximate surface area is 105 Å². The van der Waals surface area contributed by atoms with Gasteiger partial charge in [0.05, 0.1) is 11.9 Å². The van der Waals surface area contributed by atoms with Crippen molar-refractivity contribution in [2.45, 2.75) is 32.4 Å². The van der Waals surface area contributed by atoms with Crippen molar-refractivity contribution in [3.63, 3.8) is 0 Å². The second-order valence-electron chi connectivity index (χ2n) is 5.00. The van der Waals surface area contributed by atoms with E-state index in [2.05, 4.69) is 15.3 Å². The summed E-state index contributed by atoms with van der Waals surface area (Å²) in [5.74, 6) is 0.771. The average Bonchev–Trinajstić information content (AvgIpc) is 2.89. The summed E-state index contributed by atoms with van der Waals surface area (Å²) in [6.07, 6.45) is 5.45. The van der Waals surface area contributed by atoms with Crippen molar-refractivity contribution < 1.29 is 5.11 Å². The molecule has 1 fully saturated rings. The molecule has 0 bridgehead atoms. The van der Waals surface area contributed by atoms with E-state index in [0.717, 1.165) is 23.7 Å². The number of aliphatic hydroxyl groups excluding tert-OH is 1. The van der Waals surface area contributed by atoms with Gasteiger partial charge in [-0.05, 0) is 25.7 Å². The third kappa shape index (κ3) is 2.15. The summed E-state index contributed by atoms with van der Waals surface area (Å²) in [5.41, 5.74) is 2.13. The van der Waals surface area contributed by atoms with Crippen LogP contribution in [0.3, 0.4) is 0 Å². The van der Waals surface area contributed by atoms with Crippen molar-refractivity contribution in [2.24, 2.45) is 13.0 Å². The zero-order chi connectivity index (χ0) is 12.7. The Kier molecular flexibility index (Phi) is 2.66. The van der Waals surface area contributed by atoms with Gasteiger partial charge in [0.15, 0.2) is 0 Å². The first kappa shape index (κ1) is 11.4. The maximum Gasteiger partial charge on any atom is 0.128 e. The van der Waals surface area contributed by atoms with Crippen LogP contribution >= 0.6 is 0 Å². The molecule has 0 aliphatic heterocycles. The number of hydrogen-bond donors (Lipinski definition) is 1. The normalized spacial score (nSPS) is 17.1. The van der Waals surface area contributed by atoms with Crippen LogP contribution in [0.5, 0.6) is 0 Å². The van der Waals surface area contributed by atoms with E-state index in [1.165, 1.54) is 17.6 Å². The lowest BCUT2D eigenvalue weighted by Crippen LogP contribution is -2.03. The van der Waals surface area contributed by atoms with E-state index in [1.54, 1.807) is 13.2 Å². The second-order valence-corrected chi connectivity index (χ2v) is 5.00. The summed E-state index contributed by atoms with van der Waals surface area (Å²) in [5, 5.41) is 22.9. The van der Waals surface area contributed by atoms with Gasteiger partial charge >= 0.3 is 0 Å². The molecule has 0 spiro atoms. The minimum Gasteiger partial charge on any atom is -0.382 e. The molecule has 6 nitrogen and oxygen atoms in total. The van der Waals surface area contributed by atoms with Crippen LogP contribution < -0.4 is 0 Å². The van der Waals surface area contributed by atoms with Gasteiger partial charge in [-0.25, -0.2) is 0 Å². The smallest absolute Gasteiger partial charge is 0.128 e. The molecular weight excluding hydrogens is 230 g/mol. The van der Waals surface area contributed by atoms with Crippen LogP contribution in [0.25, 0.3) is 0 Å². The zero-order valence-electron chi connectivity index (χ0n) is 10.6. The predicted octanol–water partition coefficient (Wildman–Crippen LogP) is 0.812. The highest BCUT2D eigenvalue weighted by atomic mass is 16.3. The third-order valence-corrected chi connectivity index (χ3v) is 3.29. The van der Waals surface area contributed by atoms with E-state index in [1.807, 2.05) is 17.8 Å². The highest BCUT2D eigenvalue weighted by Crippen LogP contribution is 2.30. The topological polar surface area (TPSA) is 68.8 Å². The minimum absolute atomic E-state index is 0.600. The molecule has 0 aromatic carbocycles. The highest BCUT2D eigenvalue weighted by Gasteiger charge is 2.23. The molecule has 2 aromatic rings. The lowest BCUT2D eigenvalue weighted by molar-refractivity contribution is 0.213. The quantitative estimate of drug-likeness (QED) is 0.868. The molecule has 1 atom stereocenters. The summed E-state index contributed by atoms with van der Waals surface area (Å²) in [4.78, 5) is 1.47. The highest BCUT2D eigenvalue weighted by molar-refractivity contribution is 5.22. The Balaban J connectivity index is 1.80. The van der Waals surface area contributed by atoms with Crippen molar-refractivity contribution in [1.82, 2.24) is 24.8 Å². The number of aliphatic hydroxyl groups is 1. The largest absolute Gasteiger partial charge is 0.382 e. The molecule has 1 N–H and O–H groups in total. The van der Waals surface area contributed by atoms with Gasteiger partial charge in [0.25, 0.3) is 0 Å². The molecule has 6 heteroatoms. The maximum absolute atomic E-state index is 10.3. The van der Waals surface area contributed by atoms with Crippen LogP contribution in [0.15, 0.2) is 12.4 Å². The third-order valence-electron chi connectivity index (χ3n) is 3.29. The molecule has 1 aliphatic carbocycles. The van der Waals surface area contributed by atoms with Gasteiger partial charge in [-0.15, -0.1) is 0 Å². The van der Waals surface area contributed by atoms with Gasteiger partial charge in [-0.3, -0.25) is 4.68 Å². The number of hydrogen-bond acceptors (Lipinski definition) is 4. The van der Waals surface area contributed by atoms with Gasteiger partial charge in [0, 0.05) is 25.4 Å². The minimum atomic E-state index is -0.744. The molecule has 96 valence electrons. The van der Waals surface area contributed by atoms with Crippen LogP contribution in [-0.2, 0) is 13.6 Å². The second kappa shape index (κ2) is 4.20. The van der Waals surface area contributed by atoms with Crippen LogP contribution in [0.1, 0.15) is 35.9 Å². The van der Waals surface area contributed by atoms with E-state index in [4.69, 9.17) is 0 Å². The number of rotatable bonds is 4. The van der Waals surface area contributed by atoms with Crippen molar-refractivity contribution in [1.29, 1.82) is 0 Å². The van der Waals surface area contributed by atoms with Gasteiger partial charge in [-0.1, -0.05) is 0 Å². The lowest BCUT2D eigenvalue weighted by atomic mass is 10.1. The number of nitrogens with zero attached hydrogens (tertiary/aromatic N) is 5. The van der Waals surface area contributed by atoms with Gasteiger partial charge in [0.2, 0.25) is 0 Å². The predicted molar refractivity (Wildman–Crippen MR) is 64.8 cm³/mol. The molecule has 2 aromatic heterocycles. The summed E-state index contributed by atoms with van der Waals surface area (Å²) in [6.45, 7) is 2.80. The van der Waals surface area contributed by atoms with Crippen LogP contribution in [0.2, 0.25) is 0 Å². The van der Waals surface area contributed by atoms with Crippen molar-refractivity contribution in [2.75, 3.05) is 0 Å². The molecule has 0 saturated heterocycles. The molecule has 1 aliphatic rings. The standard InChI is InChI=1S/C12H17N5O/c1-8-11(15-16(2)14-8)12(18)10-5-13-17(7-10)6-9-3-4-9/h5,7,9,12,18H,3-4,6H2,1-2H3. The first-order valence-corrected chi connectivity index (χ1v) is 6.21. The lowest BCUT2D eigenvalue weighted by Gasteiger charge is -2.04. The van der Waals surface area contributed by atoms with Crippen LogP contribution in [0, 0.1) is 12.8 Å². The first-order valence-electron chi connectivity index (χ1n) is 6.21. The number of aryl methyl sites for hydroxylation is 2. The fraction of sp³-hybridized carbons (Fsp3) is 0.583. The average molecular weight is 247 g/mol. The summed E-state index contributed by atoms with van der Waals surface area (Å²) < 4.78 is 1.90. The van der Waals surface area contributed by atoms with Gasteiger partial charge in [0.1, 0.15) is 11.8 Å². The summed E-state index contributed by atoms with van der Waals surface area (Å²) in [6, 6.07) is 0. The molecule has 3 rings (SSSR count). The SMILES string of the molecule is Cc1nn(C)nc1C(O)c1cnn(CC2CC2)c1. The van der Waals surface area contributed by atoms with E-state index >= 15 is 0 Å². The van der Waals surface area contributed by atoms with Gasteiger partial charge in [-0.2, -0.15) is 20.1 Å². The van der Waals surface area contributed by atoms with E-state index in [0.29, 0.717) is 5.69 Å². The van der Waals surface area contributed by atoms with E-state index in [9.17, 15) is 5.11 Å². The Morgan fingerprint density at radius 2 is 2.22 bits per heavy atom. The molecule has 1 saturated carbocycles. The van der Waals surface area contributed by atoms with Crippen molar-refractivity contribution in [3.8, 4) is 0 Å². The number of aromatic nitrogens is 5. The molecular formula is C12H17N5O. The van der Waals surface area contributed by atoms with E-state index in [-0.39, 0.29) is 0 Å². The van der Waals surface area contributed by atoms with Crippen molar-refractivity contribution in [3.05, 3.63) is 29.3 Å². The zero-order valence-corrected chi connectivity index (χ0v) is 10.6. The molecule has 18 heavy (non-hydrogen) atoms. The van der Waals surface area contributed by atoms with E-state index < -0.39 is 6.10 Å². The fourth-order valence-corrected chi connectivity index (χ4v) is 2.11. The Morgan fingerprint density at radius 3 is 2.83 bits per heavy atom. The van der Waals surface area contributed by atoms with Crippen molar-refractivity contribution >= 4 is 0 Å². The van der Waals surface area contributed by atoms with Gasteiger partial charge < -0.3 is 5.11 Å². The summed E-state index contributed by atoms with van der Waals surface area (Å²) in [7, 11) is 1.75. The van der Waals surface area contributed by atoms with Crippen LogP contribution in [-0.4, -0.2) is 29.9 Å².